The van der Waals surface area contributed by atoms with E-state index < -0.39 is 5.82 Å². The van der Waals surface area contributed by atoms with Gasteiger partial charge in [-0.05, 0) is 51.8 Å². The SMILES string of the molecule is CNCCCN(C)CC(=O)c1cc(F)ccc1OC. The Morgan fingerprint density at radius 3 is 2.84 bits per heavy atom. The van der Waals surface area contributed by atoms with Crippen LogP contribution in [-0.2, 0) is 0 Å². The molecule has 0 spiro atoms. The summed E-state index contributed by atoms with van der Waals surface area (Å²) in [6.45, 7) is 1.97. The maximum Gasteiger partial charge on any atom is 0.180 e. The van der Waals surface area contributed by atoms with E-state index in [1.807, 2.05) is 19.0 Å². The first-order valence-corrected chi connectivity index (χ1v) is 6.28. The zero-order valence-corrected chi connectivity index (χ0v) is 11.7. The Bertz CT molecular complexity index is 424. The molecule has 19 heavy (non-hydrogen) atoms. The summed E-state index contributed by atoms with van der Waals surface area (Å²) in [7, 11) is 5.24. The van der Waals surface area contributed by atoms with Gasteiger partial charge in [0, 0.05) is 0 Å². The van der Waals surface area contributed by atoms with Gasteiger partial charge in [0.2, 0.25) is 0 Å². The maximum absolute atomic E-state index is 13.2. The molecule has 0 saturated heterocycles. The zero-order valence-electron chi connectivity index (χ0n) is 11.7. The van der Waals surface area contributed by atoms with E-state index in [0.29, 0.717) is 11.3 Å². The van der Waals surface area contributed by atoms with Crippen molar-refractivity contribution >= 4 is 5.78 Å². The van der Waals surface area contributed by atoms with E-state index in [2.05, 4.69) is 5.32 Å². The molecule has 0 aliphatic rings. The second-order valence-corrected chi connectivity index (χ2v) is 4.46. The first-order chi connectivity index (χ1) is 9.08. The molecule has 1 aromatic rings. The van der Waals surface area contributed by atoms with Crippen LogP contribution < -0.4 is 10.1 Å². The van der Waals surface area contributed by atoms with Gasteiger partial charge < -0.3 is 10.1 Å². The van der Waals surface area contributed by atoms with Crippen LogP contribution in [0.1, 0.15) is 16.8 Å². The monoisotopic (exact) mass is 268 g/mol. The lowest BCUT2D eigenvalue weighted by Crippen LogP contribution is -2.28. The molecule has 0 fully saturated rings. The van der Waals surface area contributed by atoms with E-state index in [-0.39, 0.29) is 12.3 Å². The van der Waals surface area contributed by atoms with Gasteiger partial charge in [0.25, 0.3) is 0 Å². The third-order valence-electron chi connectivity index (χ3n) is 2.84. The zero-order chi connectivity index (χ0) is 14.3. The Morgan fingerprint density at radius 2 is 2.21 bits per heavy atom. The van der Waals surface area contributed by atoms with Gasteiger partial charge in [0.05, 0.1) is 19.2 Å². The Balaban J connectivity index is 2.64. The molecular formula is C14H21FN2O2. The molecule has 0 aromatic heterocycles. The molecule has 0 radical (unpaired) electrons. The summed E-state index contributed by atoms with van der Waals surface area (Å²) in [5.41, 5.74) is 0.294. The molecule has 0 atom stereocenters. The minimum Gasteiger partial charge on any atom is -0.496 e. The number of nitrogens with zero attached hydrogens (tertiary/aromatic N) is 1. The van der Waals surface area contributed by atoms with Crippen LogP contribution in [-0.4, -0.2) is 51.5 Å². The van der Waals surface area contributed by atoms with Gasteiger partial charge in [0.15, 0.2) is 5.78 Å². The van der Waals surface area contributed by atoms with Crippen LogP contribution in [0, 0.1) is 5.82 Å². The molecule has 0 bridgehead atoms. The molecule has 0 heterocycles. The number of ether oxygens (including phenoxy) is 1. The predicted molar refractivity (Wildman–Crippen MR) is 73.3 cm³/mol. The van der Waals surface area contributed by atoms with Gasteiger partial charge in [-0.2, -0.15) is 0 Å². The van der Waals surface area contributed by atoms with E-state index in [9.17, 15) is 9.18 Å². The Kier molecular flexibility index (Phi) is 6.45. The van der Waals surface area contributed by atoms with E-state index in [1.165, 1.54) is 25.3 Å². The number of carbonyl (C=O) groups is 1. The second kappa shape index (κ2) is 7.86. The summed E-state index contributed by atoms with van der Waals surface area (Å²) < 4.78 is 18.3. The van der Waals surface area contributed by atoms with Crippen molar-refractivity contribution in [1.82, 2.24) is 10.2 Å². The number of carbonyl (C=O) groups excluding carboxylic acids is 1. The van der Waals surface area contributed by atoms with E-state index in [0.717, 1.165) is 19.5 Å². The van der Waals surface area contributed by atoms with Crippen molar-refractivity contribution in [3.05, 3.63) is 29.6 Å². The van der Waals surface area contributed by atoms with Gasteiger partial charge in [-0.25, -0.2) is 4.39 Å². The van der Waals surface area contributed by atoms with Crippen molar-refractivity contribution in [2.24, 2.45) is 0 Å². The number of rotatable bonds is 8. The normalized spacial score (nSPS) is 10.8. The van der Waals surface area contributed by atoms with Crippen molar-refractivity contribution in [3.8, 4) is 5.75 Å². The summed E-state index contributed by atoms with van der Waals surface area (Å²) >= 11 is 0. The highest BCUT2D eigenvalue weighted by molar-refractivity contribution is 6.00. The molecule has 0 saturated carbocycles. The van der Waals surface area contributed by atoms with Crippen LogP contribution in [0.25, 0.3) is 0 Å². The fraction of sp³-hybridized carbons (Fsp3) is 0.500. The maximum atomic E-state index is 13.2. The molecule has 1 N–H and O–H groups in total. The average Bonchev–Trinajstić information content (AvgIpc) is 2.39. The van der Waals surface area contributed by atoms with Crippen LogP contribution in [0.5, 0.6) is 5.75 Å². The number of nitrogens with one attached hydrogen (secondary N) is 1. The molecular weight excluding hydrogens is 247 g/mol. The van der Waals surface area contributed by atoms with Crippen LogP contribution in [0.15, 0.2) is 18.2 Å². The fourth-order valence-corrected chi connectivity index (χ4v) is 1.83. The number of Topliss-reactive ketones (excluding diaryl/α,β-unsaturated/α-hetero) is 1. The van der Waals surface area contributed by atoms with Crippen molar-refractivity contribution < 1.29 is 13.9 Å². The molecule has 4 nitrogen and oxygen atoms in total. The Labute approximate surface area is 113 Å². The van der Waals surface area contributed by atoms with E-state index >= 15 is 0 Å². The Hall–Kier alpha value is -1.46. The molecule has 0 aliphatic heterocycles. The van der Waals surface area contributed by atoms with E-state index in [1.54, 1.807) is 0 Å². The van der Waals surface area contributed by atoms with Gasteiger partial charge in [-0.1, -0.05) is 0 Å². The third-order valence-corrected chi connectivity index (χ3v) is 2.84. The molecule has 0 amide bonds. The van der Waals surface area contributed by atoms with Gasteiger partial charge in [-0.3, -0.25) is 9.69 Å². The smallest absolute Gasteiger partial charge is 0.180 e. The highest BCUT2D eigenvalue weighted by Gasteiger charge is 2.15. The second-order valence-electron chi connectivity index (χ2n) is 4.46. The number of hydrogen-bond acceptors (Lipinski definition) is 4. The molecule has 5 heteroatoms. The van der Waals surface area contributed by atoms with Crippen molar-refractivity contribution in [2.75, 3.05) is 40.8 Å². The number of halogens is 1. The van der Waals surface area contributed by atoms with Crippen molar-refractivity contribution in [1.29, 1.82) is 0 Å². The molecule has 106 valence electrons. The van der Waals surface area contributed by atoms with Gasteiger partial charge >= 0.3 is 0 Å². The van der Waals surface area contributed by atoms with Crippen LogP contribution in [0.3, 0.4) is 0 Å². The topological polar surface area (TPSA) is 41.6 Å². The number of likely N-dealkylation sites (N-methyl/N-ethyl adjacent to an activating group) is 1. The first kappa shape index (κ1) is 15.6. The first-order valence-electron chi connectivity index (χ1n) is 6.28. The van der Waals surface area contributed by atoms with Gasteiger partial charge in [-0.15, -0.1) is 0 Å². The molecule has 1 aromatic carbocycles. The van der Waals surface area contributed by atoms with Crippen molar-refractivity contribution in [2.45, 2.75) is 6.42 Å². The number of methoxy groups -OCH3 is 1. The summed E-state index contributed by atoms with van der Waals surface area (Å²) in [5.74, 6) is -0.152. The van der Waals surface area contributed by atoms with Crippen LogP contribution in [0.4, 0.5) is 4.39 Å². The average molecular weight is 268 g/mol. The highest BCUT2D eigenvalue weighted by atomic mass is 19.1. The fourth-order valence-electron chi connectivity index (χ4n) is 1.83. The lowest BCUT2D eigenvalue weighted by atomic mass is 10.1. The summed E-state index contributed by atoms with van der Waals surface area (Å²) in [6, 6.07) is 3.98. The number of hydrogen-bond donors (Lipinski definition) is 1. The lowest BCUT2D eigenvalue weighted by Gasteiger charge is -2.16. The molecule has 0 unspecified atom stereocenters. The quantitative estimate of drug-likeness (QED) is 0.574. The third kappa shape index (κ3) is 4.96. The van der Waals surface area contributed by atoms with Crippen LogP contribution >= 0.6 is 0 Å². The summed E-state index contributed by atoms with van der Waals surface area (Å²) in [6.07, 6.45) is 0.959. The van der Waals surface area contributed by atoms with Crippen molar-refractivity contribution in [3.63, 3.8) is 0 Å². The number of benzene rings is 1. The lowest BCUT2D eigenvalue weighted by molar-refractivity contribution is 0.0942. The molecule has 1 rings (SSSR count). The molecule has 0 aliphatic carbocycles. The Morgan fingerprint density at radius 1 is 1.47 bits per heavy atom. The minimum absolute atomic E-state index is 0.136. The van der Waals surface area contributed by atoms with Gasteiger partial charge in [0.1, 0.15) is 11.6 Å². The summed E-state index contributed by atoms with van der Waals surface area (Å²) in [4.78, 5) is 14.0. The minimum atomic E-state index is -0.429. The number of ketones is 1. The predicted octanol–water partition coefficient (Wildman–Crippen LogP) is 1.56. The van der Waals surface area contributed by atoms with E-state index in [4.69, 9.17) is 4.74 Å². The standard InChI is InChI=1S/C14H21FN2O2/c1-16-7-4-8-17(2)10-13(18)12-9-11(15)5-6-14(12)19-3/h5-6,9,16H,4,7-8,10H2,1-3H3. The largest absolute Gasteiger partial charge is 0.496 e. The highest BCUT2D eigenvalue weighted by Crippen LogP contribution is 2.20. The summed E-state index contributed by atoms with van der Waals surface area (Å²) in [5, 5.41) is 3.05. The van der Waals surface area contributed by atoms with Crippen LogP contribution in [0.2, 0.25) is 0 Å².